The number of carboxylic acid groups (broad SMARTS) is 1. The Balaban J connectivity index is 2.39. The predicted molar refractivity (Wildman–Crippen MR) is 59.7 cm³/mol. The number of rotatable bonds is 6. The number of aromatic nitrogens is 3. The molecule has 1 amide bonds. The van der Waals surface area contributed by atoms with Crippen LogP contribution >= 0.6 is 0 Å². The van der Waals surface area contributed by atoms with Gasteiger partial charge in [0.2, 0.25) is 5.82 Å². The largest absolute Gasteiger partial charge is 0.481 e. The first-order valence-corrected chi connectivity index (χ1v) is 5.43. The summed E-state index contributed by atoms with van der Waals surface area (Å²) in [6, 6.07) is 0. The van der Waals surface area contributed by atoms with Crippen molar-refractivity contribution in [3.05, 3.63) is 11.6 Å². The van der Waals surface area contributed by atoms with Crippen molar-refractivity contribution in [2.24, 2.45) is 0 Å². The Kier molecular flexibility index (Phi) is 4.62. The number of nitrogens with one attached hydrogen (secondary N) is 2. The molecule has 0 aromatic carbocycles. The van der Waals surface area contributed by atoms with Crippen LogP contribution in [0.3, 0.4) is 0 Å². The van der Waals surface area contributed by atoms with Crippen LogP contribution in [0, 0.1) is 0 Å². The van der Waals surface area contributed by atoms with E-state index in [2.05, 4.69) is 20.5 Å². The first kappa shape index (κ1) is 13.1. The van der Waals surface area contributed by atoms with Crippen LogP contribution in [0.2, 0.25) is 0 Å². The van der Waals surface area contributed by atoms with Crippen LogP contribution in [-0.2, 0) is 4.79 Å². The summed E-state index contributed by atoms with van der Waals surface area (Å²) in [5.74, 6) is -0.349. The molecule has 0 bridgehead atoms. The fourth-order valence-corrected chi connectivity index (χ4v) is 1.15. The first-order valence-electron chi connectivity index (χ1n) is 5.43. The summed E-state index contributed by atoms with van der Waals surface area (Å²) in [6.45, 7) is 4.18. The Morgan fingerprint density at radius 3 is 2.71 bits per heavy atom. The van der Waals surface area contributed by atoms with E-state index in [0.717, 1.165) is 0 Å². The number of amides is 1. The van der Waals surface area contributed by atoms with E-state index in [9.17, 15) is 9.59 Å². The van der Waals surface area contributed by atoms with Crippen molar-refractivity contribution in [2.45, 2.75) is 32.6 Å². The van der Waals surface area contributed by atoms with Crippen LogP contribution in [0.5, 0.6) is 0 Å². The van der Waals surface area contributed by atoms with Crippen molar-refractivity contribution in [1.29, 1.82) is 0 Å². The molecule has 7 heteroatoms. The molecule has 0 aliphatic heterocycles. The van der Waals surface area contributed by atoms with Crippen molar-refractivity contribution in [3.8, 4) is 0 Å². The number of carbonyl (C=O) groups excluding carboxylic acids is 1. The maximum atomic E-state index is 11.5. The number of carboxylic acids is 1. The Morgan fingerprint density at radius 2 is 2.18 bits per heavy atom. The fraction of sp³-hybridized carbons (Fsp3) is 0.600. The van der Waals surface area contributed by atoms with Gasteiger partial charge < -0.3 is 10.4 Å². The molecule has 0 spiro atoms. The Morgan fingerprint density at radius 1 is 1.47 bits per heavy atom. The van der Waals surface area contributed by atoms with Gasteiger partial charge in [0.1, 0.15) is 5.82 Å². The summed E-state index contributed by atoms with van der Waals surface area (Å²) in [4.78, 5) is 25.8. The molecule has 0 saturated carbocycles. The highest BCUT2D eigenvalue weighted by Gasteiger charge is 2.13. The summed E-state index contributed by atoms with van der Waals surface area (Å²) < 4.78 is 0. The average Bonchev–Trinajstić information content (AvgIpc) is 2.73. The van der Waals surface area contributed by atoms with E-state index in [4.69, 9.17) is 5.11 Å². The van der Waals surface area contributed by atoms with E-state index in [-0.39, 0.29) is 18.2 Å². The molecule has 1 rings (SSSR count). The molecule has 0 atom stereocenters. The second kappa shape index (κ2) is 5.97. The van der Waals surface area contributed by atoms with Crippen molar-refractivity contribution in [2.75, 3.05) is 6.54 Å². The van der Waals surface area contributed by atoms with Gasteiger partial charge in [0.15, 0.2) is 0 Å². The normalized spacial score (nSPS) is 10.5. The van der Waals surface area contributed by atoms with Crippen LogP contribution in [0.15, 0.2) is 0 Å². The molecular weight excluding hydrogens is 224 g/mol. The Hall–Kier alpha value is -1.92. The second-order valence-electron chi connectivity index (χ2n) is 3.95. The van der Waals surface area contributed by atoms with Gasteiger partial charge >= 0.3 is 5.97 Å². The molecule has 94 valence electrons. The standard InChI is InChI=1S/C10H16N4O3/c1-6(2)8-12-9(14-13-8)10(17)11-5-3-4-7(15)16/h6H,3-5H2,1-2H3,(H,11,17)(H,15,16)(H,12,13,14). The van der Waals surface area contributed by atoms with Gasteiger partial charge in [-0.3, -0.25) is 14.7 Å². The molecule has 0 unspecified atom stereocenters. The van der Waals surface area contributed by atoms with E-state index < -0.39 is 11.9 Å². The summed E-state index contributed by atoms with van der Waals surface area (Å²) in [6.07, 6.45) is 0.425. The molecule has 0 saturated heterocycles. The highest BCUT2D eigenvalue weighted by molar-refractivity contribution is 5.90. The Bertz CT molecular complexity index is 400. The molecule has 0 fully saturated rings. The smallest absolute Gasteiger partial charge is 0.303 e. The van der Waals surface area contributed by atoms with Gasteiger partial charge in [-0.2, -0.15) is 0 Å². The van der Waals surface area contributed by atoms with Gasteiger partial charge in [-0.15, -0.1) is 5.10 Å². The molecule has 1 aromatic heterocycles. The number of carbonyl (C=O) groups is 2. The van der Waals surface area contributed by atoms with Gasteiger partial charge in [-0.05, 0) is 6.42 Å². The van der Waals surface area contributed by atoms with Crippen molar-refractivity contribution < 1.29 is 14.7 Å². The molecule has 17 heavy (non-hydrogen) atoms. The van der Waals surface area contributed by atoms with Gasteiger partial charge in [0, 0.05) is 18.9 Å². The van der Waals surface area contributed by atoms with Crippen LogP contribution in [0.4, 0.5) is 0 Å². The Labute approximate surface area is 98.6 Å². The highest BCUT2D eigenvalue weighted by atomic mass is 16.4. The molecule has 1 heterocycles. The molecule has 1 aromatic rings. The lowest BCUT2D eigenvalue weighted by Crippen LogP contribution is -2.26. The van der Waals surface area contributed by atoms with Crippen LogP contribution in [-0.4, -0.2) is 38.7 Å². The third kappa shape index (κ3) is 4.21. The maximum Gasteiger partial charge on any atom is 0.303 e. The number of nitrogens with zero attached hydrogens (tertiary/aromatic N) is 2. The van der Waals surface area contributed by atoms with Gasteiger partial charge in [-0.25, -0.2) is 4.98 Å². The minimum atomic E-state index is -0.876. The monoisotopic (exact) mass is 240 g/mol. The quantitative estimate of drug-likeness (QED) is 0.628. The van der Waals surface area contributed by atoms with Crippen LogP contribution < -0.4 is 5.32 Å². The van der Waals surface area contributed by atoms with E-state index in [0.29, 0.717) is 18.8 Å². The number of aromatic amines is 1. The minimum absolute atomic E-state index is 0.0333. The van der Waals surface area contributed by atoms with Crippen LogP contribution in [0.25, 0.3) is 0 Å². The third-order valence-electron chi connectivity index (χ3n) is 2.11. The van der Waals surface area contributed by atoms with Crippen molar-refractivity contribution >= 4 is 11.9 Å². The van der Waals surface area contributed by atoms with Gasteiger partial charge in [0.25, 0.3) is 5.91 Å². The molecule has 3 N–H and O–H groups in total. The second-order valence-corrected chi connectivity index (χ2v) is 3.95. The molecule has 7 nitrogen and oxygen atoms in total. The average molecular weight is 240 g/mol. The zero-order valence-corrected chi connectivity index (χ0v) is 9.86. The third-order valence-corrected chi connectivity index (χ3v) is 2.11. The summed E-state index contributed by atoms with van der Waals surface area (Å²) >= 11 is 0. The zero-order chi connectivity index (χ0) is 12.8. The van der Waals surface area contributed by atoms with E-state index in [1.807, 2.05) is 13.8 Å². The number of aliphatic carboxylic acids is 1. The highest BCUT2D eigenvalue weighted by Crippen LogP contribution is 2.07. The molecular formula is C10H16N4O3. The van der Waals surface area contributed by atoms with Crippen molar-refractivity contribution in [1.82, 2.24) is 20.5 Å². The summed E-state index contributed by atoms with van der Waals surface area (Å²) in [7, 11) is 0. The topological polar surface area (TPSA) is 108 Å². The van der Waals surface area contributed by atoms with E-state index >= 15 is 0 Å². The van der Waals surface area contributed by atoms with E-state index in [1.165, 1.54) is 0 Å². The number of hydrogen-bond acceptors (Lipinski definition) is 4. The lowest BCUT2D eigenvalue weighted by atomic mass is 10.2. The summed E-state index contributed by atoms with van der Waals surface area (Å²) in [5.41, 5.74) is 0. The maximum absolute atomic E-state index is 11.5. The lowest BCUT2D eigenvalue weighted by Gasteiger charge is -2.00. The van der Waals surface area contributed by atoms with E-state index in [1.54, 1.807) is 0 Å². The first-order chi connectivity index (χ1) is 8.00. The number of hydrogen-bond donors (Lipinski definition) is 3. The van der Waals surface area contributed by atoms with Gasteiger partial charge in [-0.1, -0.05) is 13.8 Å². The van der Waals surface area contributed by atoms with Crippen molar-refractivity contribution in [3.63, 3.8) is 0 Å². The molecule has 0 aliphatic carbocycles. The lowest BCUT2D eigenvalue weighted by molar-refractivity contribution is -0.137. The molecule has 0 aliphatic rings. The molecule has 0 radical (unpaired) electrons. The van der Waals surface area contributed by atoms with Crippen LogP contribution in [0.1, 0.15) is 49.1 Å². The summed E-state index contributed by atoms with van der Waals surface area (Å²) in [5, 5.41) is 17.4. The minimum Gasteiger partial charge on any atom is -0.481 e. The fourth-order valence-electron chi connectivity index (χ4n) is 1.15. The zero-order valence-electron chi connectivity index (χ0n) is 9.86. The predicted octanol–water partition coefficient (Wildman–Crippen LogP) is 0.523. The number of H-pyrrole nitrogens is 1. The van der Waals surface area contributed by atoms with Gasteiger partial charge in [0.05, 0.1) is 0 Å². The SMILES string of the molecule is CC(C)c1nc(C(=O)NCCCC(=O)O)n[nH]1.